The molecular formula is C19H20CoN2O2. The first-order chi connectivity index (χ1) is 11.5. The maximum absolute atomic E-state index is 10.2. The number of aromatic hydroxyl groups is 2. The quantitative estimate of drug-likeness (QED) is 0.709. The summed E-state index contributed by atoms with van der Waals surface area (Å²) < 4.78 is 2.77. The molecule has 2 rings (SSSR count). The van der Waals surface area contributed by atoms with Gasteiger partial charge in [-0.05, 0) is 0 Å². The number of hydrogen-bond acceptors (Lipinski definition) is 3. The molecule has 0 aliphatic rings. The van der Waals surface area contributed by atoms with Crippen molar-refractivity contribution in [1.82, 2.24) is 10.1 Å². The first-order valence-electron chi connectivity index (χ1n) is 7.46. The summed E-state index contributed by atoms with van der Waals surface area (Å²) in [4.78, 5) is 0. The average Bonchev–Trinajstić information content (AvgIpc) is 2.58. The molecule has 0 aliphatic heterocycles. The van der Waals surface area contributed by atoms with E-state index in [-0.39, 0.29) is 18.0 Å². The first kappa shape index (κ1) is 18.1. The van der Waals surface area contributed by atoms with E-state index < -0.39 is 0 Å². The van der Waals surface area contributed by atoms with Gasteiger partial charge in [0.15, 0.2) is 0 Å². The molecule has 0 aliphatic carbocycles. The number of aryl methyl sites for hydroxylation is 2. The fourth-order valence-corrected chi connectivity index (χ4v) is 2.58. The standard InChI is InChI=1S/C19H20N2O2.Co/c1-12-5-3-7-14(18(12)22)9-16(11-20)17(21)10-15-8-4-6-13(2)19(15)23;/h3-10,20-23H,11H2,1-2H3;/q-1;+1. The van der Waals surface area contributed by atoms with E-state index in [0.717, 1.165) is 11.1 Å². The van der Waals surface area contributed by atoms with E-state index in [4.69, 9.17) is 5.73 Å². The van der Waals surface area contributed by atoms with Crippen LogP contribution in [0.3, 0.4) is 0 Å². The van der Waals surface area contributed by atoms with Gasteiger partial charge in [-0.15, -0.1) is 0 Å². The third-order valence-electron chi connectivity index (χ3n) is 3.79. The van der Waals surface area contributed by atoms with Crippen molar-refractivity contribution in [2.45, 2.75) is 13.8 Å². The fraction of sp³-hybridized carbons (Fsp3) is 0.158. The van der Waals surface area contributed by atoms with E-state index in [1.54, 1.807) is 24.3 Å². The molecule has 2 aromatic rings. The Bertz CT molecular complexity index is 730. The van der Waals surface area contributed by atoms with Crippen LogP contribution in [0.4, 0.5) is 0 Å². The van der Waals surface area contributed by atoms with Crippen LogP contribution in [0.2, 0.25) is 0 Å². The van der Waals surface area contributed by atoms with E-state index >= 15 is 0 Å². The van der Waals surface area contributed by atoms with Crippen LogP contribution in [0.5, 0.6) is 11.5 Å². The van der Waals surface area contributed by atoms with Gasteiger partial charge < -0.3 is 0 Å². The number of rotatable bonds is 5. The molecule has 0 atom stereocenters. The Hall–Kier alpha value is -2.21. The topological polar surface area (TPSA) is 76.3 Å². The van der Waals surface area contributed by atoms with E-state index in [1.807, 2.05) is 38.1 Å². The molecule has 5 heteroatoms. The molecule has 24 heavy (non-hydrogen) atoms. The van der Waals surface area contributed by atoms with Gasteiger partial charge in [-0.3, -0.25) is 0 Å². The Morgan fingerprint density at radius 3 is 1.96 bits per heavy atom. The third-order valence-corrected chi connectivity index (χ3v) is 4.07. The summed E-state index contributed by atoms with van der Waals surface area (Å²) in [5.41, 5.74) is 11.9. The van der Waals surface area contributed by atoms with E-state index in [9.17, 15) is 10.2 Å². The SMILES string of the molecule is Cc1cccc(C=C(C[NH])C(=Cc2cccc(C)c2O)[NH][Co])c1O. The van der Waals surface area contributed by atoms with Crippen molar-refractivity contribution in [2.75, 3.05) is 6.54 Å². The zero-order chi connectivity index (χ0) is 17.7. The Kier molecular flexibility index (Phi) is 6.08. The molecule has 0 bridgehead atoms. The molecule has 0 saturated carbocycles. The van der Waals surface area contributed by atoms with Gasteiger partial charge in [0, 0.05) is 0 Å². The summed E-state index contributed by atoms with van der Waals surface area (Å²) in [6.45, 7) is 3.65. The van der Waals surface area contributed by atoms with Crippen molar-refractivity contribution in [3.05, 3.63) is 69.9 Å². The molecule has 0 unspecified atom stereocenters. The van der Waals surface area contributed by atoms with Crippen LogP contribution in [0.15, 0.2) is 47.7 Å². The minimum atomic E-state index is -0.00175. The molecule has 0 saturated heterocycles. The molecule has 1 radical (unpaired) electrons. The second kappa shape index (κ2) is 8.05. The molecule has 0 heterocycles. The van der Waals surface area contributed by atoms with Crippen molar-refractivity contribution < 1.29 is 26.2 Å². The number of benzene rings is 2. The van der Waals surface area contributed by atoms with Crippen molar-refractivity contribution in [1.29, 1.82) is 0 Å². The predicted octanol–water partition coefficient (Wildman–Crippen LogP) is 3.47. The number of hydrogen-bond donors (Lipinski definition) is 3. The van der Waals surface area contributed by atoms with Crippen LogP contribution >= 0.6 is 0 Å². The van der Waals surface area contributed by atoms with Crippen molar-refractivity contribution >= 4 is 12.2 Å². The van der Waals surface area contributed by atoms with Gasteiger partial charge in [-0.1, -0.05) is 0 Å². The van der Waals surface area contributed by atoms with Gasteiger partial charge >= 0.3 is 150 Å². The molecular weight excluding hydrogens is 347 g/mol. The summed E-state index contributed by atoms with van der Waals surface area (Å²) in [5, 5.41) is 20.3. The summed E-state index contributed by atoms with van der Waals surface area (Å²) in [5.74, 6) is 0.389. The summed E-state index contributed by atoms with van der Waals surface area (Å²) in [6, 6.07) is 10.9. The Balaban J connectivity index is 2.50. The number of nitrogens with one attached hydrogen (secondary N) is 2. The predicted molar refractivity (Wildman–Crippen MR) is 92.7 cm³/mol. The van der Waals surface area contributed by atoms with E-state index in [2.05, 4.69) is 20.3 Å². The molecule has 0 spiro atoms. The summed E-state index contributed by atoms with van der Waals surface area (Å²) >= 11 is 4.18. The molecule has 0 amide bonds. The number of phenols is 2. The Morgan fingerprint density at radius 2 is 1.50 bits per heavy atom. The van der Waals surface area contributed by atoms with Gasteiger partial charge in [0.2, 0.25) is 0 Å². The zero-order valence-corrected chi connectivity index (χ0v) is 14.6. The molecule has 0 fully saturated rings. The van der Waals surface area contributed by atoms with Gasteiger partial charge in [-0.25, -0.2) is 0 Å². The van der Waals surface area contributed by atoms with Crippen LogP contribution in [0.25, 0.3) is 12.2 Å². The third kappa shape index (κ3) is 4.00. The Morgan fingerprint density at radius 1 is 1.00 bits per heavy atom. The van der Waals surface area contributed by atoms with Crippen LogP contribution in [-0.2, 0) is 16.0 Å². The second-order valence-electron chi connectivity index (χ2n) is 5.51. The van der Waals surface area contributed by atoms with Crippen LogP contribution in [-0.4, -0.2) is 16.8 Å². The van der Waals surface area contributed by atoms with Crippen molar-refractivity contribution in [3.8, 4) is 11.5 Å². The molecule has 2 aromatic carbocycles. The van der Waals surface area contributed by atoms with Gasteiger partial charge in [0.25, 0.3) is 0 Å². The number of phenolic OH excluding ortho intramolecular Hbond substituents is 2. The molecule has 4 nitrogen and oxygen atoms in total. The maximum atomic E-state index is 10.2. The zero-order valence-electron chi connectivity index (χ0n) is 13.6. The molecule has 0 aromatic heterocycles. The normalized spacial score (nSPS) is 12.4. The van der Waals surface area contributed by atoms with E-state index in [1.165, 1.54) is 0 Å². The first-order valence-corrected chi connectivity index (χ1v) is 7.98. The van der Waals surface area contributed by atoms with Crippen molar-refractivity contribution in [2.24, 2.45) is 0 Å². The van der Waals surface area contributed by atoms with Crippen LogP contribution < -0.4 is 10.1 Å². The number of para-hydroxylation sites is 2. The Labute approximate surface area is 150 Å². The van der Waals surface area contributed by atoms with E-state index in [0.29, 0.717) is 22.4 Å². The monoisotopic (exact) mass is 367 g/mol. The second-order valence-corrected chi connectivity index (χ2v) is 5.77. The molecule has 127 valence electrons. The summed E-state index contributed by atoms with van der Waals surface area (Å²) in [7, 11) is 0. The van der Waals surface area contributed by atoms with Crippen LogP contribution in [0.1, 0.15) is 22.3 Å². The minimum absolute atomic E-state index is 0.00175. The van der Waals surface area contributed by atoms with Crippen LogP contribution in [0, 0.1) is 13.8 Å². The van der Waals surface area contributed by atoms with Gasteiger partial charge in [0.05, 0.1) is 0 Å². The summed E-state index contributed by atoms with van der Waals surface area (Å²) in [6.07, 6.45) is 3.48. The average molecular weight is 367 g/mol. The van der Waals surface area contributed by atoms with Crippen molar-refractivity contribution in [3.63, 3.8) is 0 Å². The van der Waals surface area contributed by atoms with Gasteiger partial charge in [0.1, 0.15) is 0 Å². The molecule has 4 N–H and O–H groups in total. The fourth-order valence-electron chi connectivity index (χ4n) is 2.33. The van der Waals surface area contributed by atoms with Gasteiger partial charge in [-0.2, -0.15) is 0 Å².